The molecule has 0 radical (unpaired) electrons. The first-order valence-corrected chi connectivity index (χ1v) is 6.92. The quantitative estimate of drug-likeness (QED) is 0.674. The van der Waals surface area contributed by atoms with E-state index in [4.69, 9.17) is 5.84 Å². The van der Waals surface area contributed by atoms with Crippen LogP contribution in [0.15, 0.2) is 27.6 Å². The highest BCUT2D eigenvalue weighted by Gasteiger charge is 2.13. The second-order valence-electron chi connectivity index (χ2n) is 3.06. The number of nitrogens with zero attached hydrogens (tertiary/aromatic N) is 1. The molecule has 0 fully saturated rings. The smallest absolute Gasteiger partial charge is 0.0794 e. The molecule has 0 bridgehead atoms. The van der Waals surface area contributed by atoms with Crippen LogP contribution in [0.1, 0.15) is 15.8 Å². The Morgan fingerprint density at radius 3 is 2.93 bits per heavy atom. The molecule has 1 unspecified atom stereocenters. The Bertz CT molecular complexity index is 413. The lowest BCUT2D eigenvalue weighted by Crippen LogP contribution is -2.28. The zero-order chi connectivity index (χ0) is 10.7. The van der Waals surface area contributed by atoms with Gasteiger partial charge in [-0.1, -0.05) is 0 Å². The Hall–Kier alpha value is -0.270. The summed E-state index contributed by atoms with van der Waals surface area (Å²) in [5.41, 5.74) is 4.68. The third-order valence-corrected chi connectivity index (χ3v) is 4.63. The minimum atomic E-state index is 0.168. The van der Waals surface area contributed by atoms with Crippen molar-refractivity contribution in [3.8, 4) is 0 Å². The highest BCUT2D eigenvalue weighted by Crippen LogP contribution is 2.28. The average molecular weight is 304 g/mol. The summed E-state index contributed by atoms with van der Waals surface area (Å²) < 4.78 is 1.10. The Balaban J connectivity index is 2.11. The molecule has 2 aromatic rings. The van der Waals surface area contributed by atoms with E-state index in [2.05, 4.69) is 37.8 Å². The highest BCUT2D eigenvalue weighted by atomic mass is 79.9. The summed E-state index contributed by atoms with van der Waals surface area (Å²) >= 11 is 6.79. The molecule has 0 spiro atoms. The molecule has 1 atom stereocenters. The van der Waals surface area contributed by atoms with Crippen molar-refractivity contribution >= 4 is 38.6 Å². The third-order valence-electron chi connectivity index (χ3n) is 2.02. The first-order valence-electron chi connectivity index (χ1n) is 4.37. The van der Waals surface area contributed by atoms with Gasteiger partial charge in [0.15, 0.2) is 0 Å². The van der Waals surface area contributed by atoms with E-state index in [1.165, 1.54) is 9.75 Å². The van der Waals surface area contributed by atoms with Gasteiger partial charge in [-0.2, -0.15) is 0 Å². The van der Waals surface area contributed by atoms with Crippen molar-refractivity contribution in [1.29, 1.82) is 0 Å². The van der Waals surface area contributed by atoms with Crippen molar-refractivity contribution in [1.82, 2.24) is 10.4 Å². The number of hydrogen-bond acceptors (Lipinski definition) is 5. The fourth-order valence-electron chi connectivity index (χ4n) is 1.30. The number of nitrogens with one attached hydrogen (secondary N) is 1. The van der Waals surface area contributed by atoms with Crippen molar-refractivity contribution in [2.24, 2.45) is 5.84 Å². The molecule has 0 aliphatic heterocycles. The molecule has 0 saturated heterocycles. The molecule has 2 heterocycles. The Morgan fingerprint density at radius 1 is 1.53 bits per heavy atom. The second-order valence-corrected chi connectivity index (χ2v) is 5.89. The maximum absolute atomic E-state index is 5.56. The summed E-state index contributed by atoms with van der Waals surface area (Å²) in [7, 11) is 0. The maximum Gasteiger partial charge on any atom is 0.0794 e. The maximum atomic E-state index is 5.56. The van der Waals surface area contributed by atoms with E-state index in [1.807, 2.05) is 11.7 Å². The molecular formula is C9H10BrN3S2. The van der Waals surface area contributed by atoms with Crippen molar-refractivity contribution in [3.63, 3.8) is 0 Å². The van der Waals surface area contributed by atoms with E-state index >= 15 is 0 Å². The number of halogens is 1. The molecule has 0 saturated carbocycles. The fourth-order valence-corrected chi connectivity index (χ4v) is 3.44. The average Bonchev–Trinajstić information content (AvgIpc) is 2.85. The SMILES string of the molecule is NNC(Cc1cncs1)c1cc(Br)cs1. The first-order chi connectivity index (χ1) is 7.29. The lowest BCUT2D eigenvalue weighted by molar-refractivity contribution is 0.564. The topological polar surface area (TPSA) is 50.9 Å². The lowest BCUT2D eigenvalue weighted by Gasteiger charge is -2.12. The van der Waals surface area contributed by atoms with Gasteiger partial charge in [-0.25, -0.2) is 0 Å². The molecule has 0 amide bonds. The van der Waals surface area contributed by atoms with Gasteiger partial charge < -0.3 is 0 Å². The van der Waals surface area contributed by atoms with Crippen molar-refractivity contribution in [2.45, 2.75) is 12.5 Å². The standard InChI is InChI=1S/C9H10BrN3S2/c10-6-1-9(14-4-6)8(13-11)2-7-3-12-5-15-7/h1,3-5,8,13H,2,11H2. The van der Waals surface area contributed by atoms with E-state index in [1.54, 1.807) is 22.7 Å². The highest BCUT2D eigenvalue weighted by molar-refractivity contribution is 9.10. The molecule has 3 nitrogen and oxygen atoms in total. The van der Waals surface area contributed by atoms with Crippen molar-refractivity contribution in [3.05, 3.63) is 37.4 Å². The Morgan fingerprint density at radius 2 is 2.40 bits per heavy atom. The Kier molecular flexibility index (Phi) is 3.87. The van der Waals surface area contributed by atoms with E-state index in [9.17, 15) is 0 Å². The van der Waals surface area contributed by atoms with E-state index < -0.39 is 0 Å². The van der Waals surface area contributed by atoms with Gasteiger partial charge in [0.1, 0.15) is 0 Å². The van der Waals surface area contributed by atoms with E-state index in [-0.39, 0.29) is 6.04 Å². The van der Waals surface area contributed by atoms with Gasteiger partial charge in [0, 0.05) is 32.2 Å². The van der Waals surface area contributed by atoms with Gasteiger partial charge in [0.25, 0.3) is 0 Å². The number of nitrogens with two attached hydrogens (primary N) is 1. The van der Waals surface area contributed by atoms with Crippen LogP contribution in [-0.4, -0.2) is 4.98 Å². The fraction of sp³-hybridized carbons (Fsp3) is 0.222. The summed E-state index contributed by atoms with van der Waals surface area (Å²) in [4.78, 5) is 6.52. The number of thiophene rings is 1. The molecular weight excluding hydrogens is 294 g/mol. The number of hydrogen-bond donors (Lipinski definition) is 2. The molecule has 0 aromatic carbocycles. The normalized spacial score (nSPS) is 12.9. The zero-order valence-electron chi connectivity index (χ0n) is 7.81. The van der Waals surface area contributed by atoms with E-state index in [0.717, 1.165) is 10.9 Å². The van der Waals surface area contributed by atoms with Crippen molar-refractivity contribution in [2.75, 3.05) is 0 Å². The monoisotopic (exact) mass is 303 g/mol. The minimum absolute atomic E-state index is 0.168. The molecule has 3 N–H and O–H groups in total. The largest absolute Gasteiger partial charge is 0.271 e. The summed E-state index contributed by atoms with van der Waals surface area (Å²) in [6.07, 6.45) is 2.77. The molecule has 6 heteroatoms. The van der Waals surface area contributed by atoms with Gasteiger partial charge >= 0.3 is 0 Å². The van der Waals surface area contributed by atoms with Crippen LogP contribution in [0.2, 0.25) is 0 Å². The van der Waals surface area contributed by atoms with Gasteiger partial charge in [-0.3, -0.25) is 16.3 Å². The second kappa shape index (κ2) is 5.18. The Labute approximate surface area is 104 Å². The summed E-state index contributed by atoms with van der Waals surface area (Å²) in [6.45, 7) is 0. The number of hydrazine groups is 1. The van der Waals surface area contributed by atoms with Crippen LogP contribution >= 0.6 is 38.6 Å². The summed E-state index contributed by atoms with van der Waals surface area (Å²) in [5, 5.41) is 2.06. The number of aromatic nitrogens is 1. The van der Waals surface area contributed by atoms with E-state index in [0.29, 0.717) is 0 Å². The third kappa shape index (κ3) is 2.85. The van der Waals surface area contributed by atoms with Crippen LogP contribution in [0.3, 0.4) is 0 Å². The molecule has 0 aliphatic carbocycles. The molecule has 2 aromatic heterocycles. The molecule has 80 valence electrons. The predicted octanol–water partition coefficient (Wildman–Crippen LogP) is 2.71. The minimum Gasteiger partial charge on any atom is -0.271 e. The van der Waals surface area contributed by atoms with Crippen LogP contribution in [0, 0.1) is 0 Å². The first kappa shape index (κ1) is 11.2. The molecule has 0 aliphatic rings. The van der Waals surface area contributed by atoms with Crippen LogP contribution in [-0.2, 0) is 6.42 Å². The molecule has 15 heavy (non-hydrogen) atoms. The van der Waals surface area contributed by atoms with Crippen molar-refractivity contribution < 1.29 is 0 Å². The van der Waals surface area contributed by atoms with Crippen LogP contribution in [0.5, 0.6) is 0 Å². The summed E-state index contributed by atoms with van der Waals surface area (Å²) in [5.74, 6) is 5.56. The van der Waals surface area contributed by atoms with Gasteiger partial charge in [-0.15, -0.1) is 22.7 Å². The van der Waals surface area contributed by atoms with Gasteiger partial charge in [-0.05, 0) is 22.0 Å². The van der Waals surface area contributed by atoms with Gasteiger partial charge in [0.05, 0.1) is 11.6 Å². The number of rotatable bonds is 4. The predicted molar refractivity (Wildman–Crippen MR) is 67.9 cm³/mol. The zero-order valence-corrected chi connectivity index (χ0v) is 11.0. The summed E-state index contributed by atoms with van der Waals surface area (Å²) in [6, 6.07) is 2.26. The van der Waals surface area contributed by atoms with Gasteiger partial charge in [0.2, 0.25) is 0 Å². The number of thiazole rings is 1. The van der Waals surface area contributed by atoms with Crippen LogP contribution in [0.25, 0.3) is 0 Å². The molecule has 2 rings (SSSR count). The van der Waals surface area contributed by atoms with Crippen LogP contribution < -0.4 is 11.3 Å². The lowest BCUT2D eigenvalue weighted by atomic mass is 10.1. The van der Waals surface area contributed by atoms with Crippen LogP contribution in [0.4, 0.5) is 0 Å².